The highest BCUT2D eigenvalue weighted by molar-refractivity contribution is 9.10. The van der Waals surface area contributed by atoms with Gasteiger partial charge < -0.3 is 14.7 Å². The number of aromatic nitrogens is 4. The first-order valence-corrected chi connectivity index (χ1v) is 7.39. The van der Waals surface area contributed by atoms with Crippen molar-refractivity contribution in [3.63, 3.8) is 0 Å². The van der Waals surface area contributed by atoms with Gasteiger partial charge in [-0.25, -0.2) is 14.8 Å². The Kier molecular flexibility index (Phi) is 2.65. The van der Waals surface area contributed by atoms with E-state index >= 15 is 0 Å². The van der Waals surface area contributed by atoms with E-state index < -0.39 is 5.97 Å². The lowest BCUT2D eigenvalue weighted by atomic mass is 10.3. The summed E-state index contributed by atoms with van der Waals surface area (Å²) >= 11 is 3.44. The third-order valence-corrected chi connectivity index (χ3v) is 4.12. The summed E-state index contributed by atoms with van der Waals surface area (Å²) in [5, 5.41) is 9.26. The second-order valence-corrected chi connectivity index (χ2v) is 6.02. The molecule has 0 atom stereocenters. The van der Waals surface area contributed by atoms with Crippen LogP contribution in [0.1, 0.15) is 29.4 Å². The molecule has 6 nitrogen and oxygen atoms in total. The van der Waals surface area contributed by atoms with Gasteiger partial charge >= 0.3 is 5.97 Å². The number of carbonyl (C=O) groups is 1. The average Bonchev–Trinajstić information content (AvgIpc) is 3.03. The molecule has 0 unspecified atom stereocenters. The molecular formula is C14H11BrN4O2. The molecule has 2 aromatic heterocycles. The van der Waals surface area contributed by atoms with Crippen molar-refractivity contribution in [1.29, 1.82) is 0 Å². The van der Waals surface area contributed by atoms with Crippen LogP contribution in [-0.2, 0) is 0 Å². The van der Waals surface area contributed by atoms with Gasteiger partial charge in [0.05, 0.1) is 17.4 Å². The molecule has 0 radical (unpaired) electrons. The van der Waals surface area contributed by atoms with E-state index in [-0.39, 0.29) is 5.69 Å². The second kappa shape index (κ2) is 4.42. The summed E-state index contributed by atoms with van der Waals surface area (Å²) < 4.78 is 3.05. The molecule has 1 aliphatic rings. The predicted octanol–water partition coefficient (Wildman–Crippen LogP) is 3.22. The minimum Gasteiger partial charge on any atom is -0.477 e. The summed E-state index contributed by atoms with van der Waals surface area (Å²) in [6.45, 7) is 0. The normalized spacial score (nSPS) is 14.7. The highest BCUT2D eigenvalue weighted by Crippen LogP contribution is 2.41. The SMILES string of the molecule is O=C(O)c1[nH]cnc1-c1nc2cc(Br)ccc2n1C1CC1. The summed E-state index contributed by atoms with van der Waals surface area (Å²) in [7, 11) is 0. The van der Waals surface area contributed by atoms with E-state index in [4.69, 9.17) is 0 Å². The summed E-state index contributed by atoms with van der Waals surface area (Å²) in [5.41, 5.74) is 2.31. The number of hydrogen-bond acceptors (Lipinski definition) is 3. The van der Waals surface area contributed by atoms with Gasteiger partial charge in [0.25, 0.3) is 0 Å². The van der Waals surface area contributed by atoms with Crippen LogP contribution in [0.5, 0.6) is 0 Å². The predicted molar refractivity (Wildman–Crippen MR) is 80.2 cm³/mol. The molecule has 0 saturated heterocycles. The van der Waals surface area contributed by atoms with Crippen molar-refractivity contribution < 1.29 is 9.90 Å². The maximum Gasteiger partial charge on any atom is 0.354 e. The fourth-order valence-electron chi connectivity index (χ4n) is 2.57. The molecule has 1 aromatic carbocycles. The Balaban J connectivity index is 2.01. The lowest BCUT2D eigenvalue weighted by Gasteiger charge is -2.06. The number of H-pyrrole nitrogens is 1. The van der Waals surface area contributed by atoms with Crippen molar-refractivity contribution in [3.05, 3.63) is 34.7 Å². The van der Waals surface area contributed by atoms with E-state index in [9.17, 15) is 9.90 Å². The Morgan fingerprint density at radius 3 is 2.95 bits per heavy atom. The fraction of sp³-hybridized carbons (Fsp3) is 0.214. The van der Waals surface area contributed by atoms with Crippen LogP contribution in [0, 0.1) is 0 Å². The Bertz CT molecular complexity index is 863. The number of carboxylic acids is 1. The van der Waals surface area contributed by atoms with Crippen LogP contribution in [0.3, 0.4) is 0 Å². The molecule has 4 rings (SSSR count). The minimum absolute atomic E-state index is 0.0753. The van der Waals surface area contributed by atoms with Gasteiger partial charge in [-0.2, -0.15) is 0 Å². The first-order chi connectivity index (χ1) is 10.1. The first-order valence-electron chi connectivity index (χ1n) is 6.59. The van der Waals surface area contributed by atoms with Crippen molar-refractivity contribution >= 4 is 32.9 Å². The number of aromatic carboxylic acids is 1. The standard InChI is InChI=1S/C14H11BrN4O2/c15-7-1-4-10-9(5-7)18-13(19(10)8-2-3-8)11-12(14(20)21)17-6-16-11/h1,4-6,8H,2-3H2,(H,16,17)(H,20,21). The smallest absolute Gasteiger partial charge is 0.354 e. The van der Waals surface area contributed by atoms with Crippen LogP contribution in [-0.4, -0.2) is 30.6 Å². The van der Waals surface area contributed by atoms with Gasteiger partial charge in [0.2, 0.25) is 0 Å². The zero-order chi connectivity index (χ0) is 14.6. The number of rotatable bonds is 3. The zero-order valence-electron chi connectivity index (χ0n) is 10.9. The molecular weight excluding hydrogens is 336 g/mol. The Labute approximate surface area is 128 Å². The van der Waals surface area contributed by atoms with E-state index in [0.29, 0.717) is 17.6 Å². The summed E-state index contributed by atoms with van der Waals surface area (Å²) in [6, 6.07) is 6.28. The van der Waals surface area contributed by atoms with E-state index in [1.54, 1.807) is 0 Å². The molecule has 3 aromatic rings. The first kappa shape index (κ1) is 12.6. The number of nitrogens with one attached hydrogen (secondary N) is 1. The number of benzene rings is 1. The lowest BCUT2D eigenvalue weighted by molar-refractivity contribution is 0.0692. The van der Waals surface area contributed by atoms with Crippen LogP contribution in [0.4, 0.5) is 0 Å². The highest BCUT2D eigenvalue weighted by atomic mass is 79.9. The summed E-state index contributed by atoms with van der Waals surface area (Å²) in [4.78, 5) is 22.8. The number of imidazole rings is 2. The van der Waals surface area contributed by atoms with Gasteiger partial charge in [-0.15, -0.1) is 0 Å². The summed E-state index contributed by atoms with van der Waals surface area (Å²) in [5.74, 6) is -0.415. The van der Waals surface area contributed by atoms with Crippen LogP contribution < -0.4 is 0 Å². The van der Waals surface area contributed by atoms with Gasteiger partial charge in [0.1, 0.15) is 5.69 Å². The largest absolute Gasteiger partial charge is 0.477 e. The number of hydrogen-bond donors (Lipinski definition) is 2. The molecule has 0 aliphatic heterocycles. The Morgan fingerprint density at radius 1 is 1.43 bits per heavy atom. The van der Waals surface area contributed by atoms with Gasteiger partial charge in [0.15, 0.2) is 11.5 Å². The van der Waals surface area contributed by atoms with Crippen molar-refractivity contribution in [3.8, 4) is 11.5 Å². The third kappa shape index (κ3) is 1.96. The molecule has 7 heteroatoms. The fourth-order valence-corrected chi connectivity index (χ4v) is 2.92. The molecule has 0 amide bonds. The topological polar surface area (TPSA) is 83.8 Å². The van der Waals surface area contributed by atoms with Gasteiger partial charge in [-0.1, -0.05) is 15.9 Å². The molecule has 0 spiro atoms. The maximum atomic E-state index is 11.3. The molecule has 2 N–H and O–H groups in total. The van der Waals surface area contributed by atoms with Crippen LogP contribution in [0.15, 0.2) is 29.0 Å². The van der Waals surface area contributed by atoms with Crippen molar-refractivity contribution in [1.82, 2.24) is 19.5 Å². The molecule has 0 bridgehead atoms. The minimum atomic E-state index is -1.03. The van der Waals surface area contributed by atoms with E-state index in [0.717, 1.165) is 28.3 Å². The van der Waals surface area contributed by atoms with Crippen molar-refractivity contribution in [2.24, 2.45) is 0 Å². The second-order valence-electron chi connectivity index (χ2n) is 5.10. The molecule has 106 valence electrons. The monoisotopic (exact) mass is 346 g/mol. The van der Waals surface area contributed by atoms with Crippen LogP contribution in [0.25, 0.3) is 22.6 Å². The number of carboxylic acid groups (broad SMARTS) is 1. The van der Waals surface area contributed by atoms with E-state index in [1.165, 1.54) is 6.33 Å². The quantitative estimate of drug-likeness (QED) is 0.762. The van der Waals surface area contributed by atoms with E-state index in [2.05, 4.69) is 35.4 Å². The van der Waals surface area contributed by atoms with Gasteiger partial charge in [0, 0.05) is 10.5 Å². The van der Waals surface area contributed by atoms with Crippen LogP contribution >= 0.6 is 15.9 Å². The molecule has 21 heavy (non-hydrogen) atoms. The number of halogens is 1. The number of fused-ring (bicyclic) bond motifs is 1. The van der Waals surface area contributed by atoms with Gasteiger partial charge in [-0.05, 0) is 31.0 Å². The lowest BCUT2D eigenvalue weighted by Crippen LogP contribution is -2.04. The highest BCUT2D eigenvalue weighted by Gasteiger charge is 2.31. The average molecular weight is 347 g/mol. The summed E-state index contributed by atoms with van der Waals surface area (Å²) in [6.07, 6.45) is 3.56. The number of aromatic amines is 1. The number of nitrogens with zero attached hydrogens (tertiary/aromatic N) is 3. The third-order valence-electron chi connectivity index (χ3n) is 3.63. The molecule has 1 fully saturated rings. The van der Waals surface area contributed by atoms with E-state index in [1.807, 2.05) is 18.2 Å². The van der Waals surface area contributed by atoms with Crippen LogP contribution in [0.2, 0.25) is 0 Å². The molecule has 2 heterocycles. The van der Waals surface area contributed by atoms with Gasteiger partial charge in [-0.3, -0.25) is 0 Å². The van der Waals surface area contributed by atoms with Crippen molar-refractivity contribution in [2.45, 2.75) is 18.9 Å². The maximum absolute atomic E-state index is 11.3. The Morgan fingerprint density at radius 2 is 2.24 bits per heavy atom. The van der Waals surface area contributed by atoms with Crippen molar-refractivity contribution in [2.75, 3.05) is 0 Å². The molecule has 1 aliphatic carbocycles. The molecule has 1 saturated carbocycles. The Hall–Kier alpha value is -2.15. The zero-order valence-corrected chi connectivity index (χ0v) is 12.5.